The number of aromatic amines is 1. The third-order valence-electron chi connectivity index (χ3n) is 6.35. The Hall–Kier alpha value is -4.43. The van der Waals surface area contributed by atoms with Crippen molar-refractivity contribution in [1.82, 2.24) is 9.88 Å². The number of para-hydroxylation sites is 1. The maximum atomic E-state index is 13.2. The van der Waals surface area contributed by atoms with Gasteiger partial charge in [-0.2, -0.15) is 0 Å². The molecule has 3 aromatic carbocycles. The number of non-ortho nitro benzene ring substituents is 1. The molecule has 1 fully saturated rings. The number of hydrogen-bond donors (Lipinski definition) is 2. The smallest absolute Gasteiger partial charge is 0.295 e. The van der Waals surface area contributed by atoms with E-state index in [0.717, 1.165) is 16.5 Å². The van der Waals surface area contributed by atoms with Gasteiger partial charge in [0.1, 0.15) is 5.76 Å². The Kier molecular flexibility index (Phi) is 6.03. The number of nitrogens with zero attached hydrogens (tertiary/aromatic N) is 2. The molecule has 1 amide bonds. The number of fused-ring (bicyclic) bond motifs is 1. The highest BCUT2D eigenvalue weighted by atomic mass is 35.5. The fraction of sp³-hybridized carbons (Fsp3) is 0.111. The molecule has 36 heavy (non-hydrogen) atoms. The van der Waals surface area contributed by atoms with Gasteiger partial charge in [0.15, 0.2) is 0 Å². The molecule has 1 aliphatic rings. The summed E-state index contributed by atoms with van der Waals surface area (Å²) in [5.41, 5.74) is 2.28. The molecule has 1 aliphatic heterocycles. The van der Waals surface area contributed by atoms with E-state index < -0.39 is 22.7 Å². The number of hydrogen-bond acceptors (Lipinski definition) is 5. The topological polar surface area (TPSA) is 117 Å². The number of nitro benzene ring substituents is 1. The first-order chi connectivity index (χ1) is 17.3. The molecular formula is C27H20ClN3O5. The zero-order valence-corrected chi connectivity index (χ0v) is 19.6. The predicted octanol–water partition coefficient (Wildman–Crippen LogP) is 5.39. The number of carbonyl (C=O) groups is 2. The molecule has 4 aromatic rings. The van der Waals surface area contributed by atoms with Gasteiger partial charge >= 0.3 is 0 Å². The van der Waals surface area contributed by atoms with Gasteiger partial charge in [0.05, 0.1) is 16.5 Å². The number of ketones is 1. The summed E-state index contributed by atoms with van der Waals surface area (Å²) in [4.78, 5) is 41.9. The lowest BCUT2D eigenvalue weighted by molar-refractivity contribution is -0.384. The number of aromatic nitrogens is 1. The van der Waals surface area contributed by atoms with Crippen molar-refractivity contribution >= 4 is 45.6 Å². The number of nitrogens with one attached hydrogen (secondary N) is 1. The van der Waals surface area contributed by atoms with Crippen molar-refractivity contribution in [3.63, 3.8) is 0 Å². The maximum Gasteiger partial charge on any atom is 0.295 e. The second-order valence-corrected chi connectivity index (χ2v) is 8.90. The first kappa shape index (κ1) is 23.3. The first-order valence-electron chi connectivity index (χ1n) is 11.2. The van der Waals surface area contributed by atoms with Crippen LogP contribution in [0.4, 0.5) is 5.69 Å². The standard InChI is InChI=1S/C27H20ClN3O5/c28-19-10-8-16(9-11-19)25(32)23-24(17-4-3-5-20(14-17)31(35)36)30(27(34)26(23)33)13-12-18-15-29-22-7-2-1-6-21(18)22/h1-11,14-15,24,29,32H,12-13H2/t24-/m1/s1. The lowest BCUT2D eigenvalue weighted by Crippen LogP contribution is -2.31. The Labute approximate surface area is 210 Å². The van der Waals surface area contributed by atoms with Crippen LogP contribution in [-0.2, 0) is 16.0 Å². The van der Waals surface area contributed by atoms with Crippen LogP contribution in [0.1, 0.15) is 22.7 Å². The number of halogens is 1. The first-order valence-corrected chi connectivity index (χ1v) is 11.6. The Morgan fingerprint density at radius 1 is 1.06 bits per heavy atom. The van der Waals surface area contributed by atoms with Crippen molar-refractivity contribution in [2.45, 2.75) is 12.5 Å². The van der Waals surface area contributed by atoms with Gasteiger partial charge in [0.2, 0.25) is 0 Å². The van der Waals surface area contributed by atoms with Crippen molar-refractivity contribution in [3.8, 4) is 0 Å². The SMILES string of the molecule is O=C1C(=O)N(CCc2c[nH]c3ccccc23)[C@H](c2cccc([N+](=O)[O-])c2)C1=C(O)c1ccc(Cl)cc1. The number of carbonyl (C=O) groups excluding carboxylic acids is 2. The summed E-state index contributed by atoms with van der Waals surface area (Å²) in [6.45, 7) is 0.164. The quantitative estimate of drug-likeness (QED) is 0.121. The monoisotopic (exact) mass is 501 g/mol. The highest BCUT2D eigenvalue weighted by Gasteiger charge is 2.46. The molecule has 1 aromatic heterocycles. The number of amides is 1. The number of aliphatic hydroxyl groups excluding tert-OH is 1. The zero-order chi connectivity index (χ0) is 25.4. The van der Waals surface area contributed by atoms with Crippen molar-refractivity contribution in [2.75, 3.05) is 6.54 Å². The molecule has 180 valence electrons. The minimum absolute atomic E-state index is 0.123. The van der Waals surface area contributed by atoms with Crippen LogP contribution in [0.3, 0.4) is 0 Å². The van der Waals surface area contributed by atoms with Crippen LogP contribution in [-0.4, -0.2) is 38.1 Å². The van der Waals surface area contributed by atoms with Gasteiger partial charge < -0.3 is 15.0 Å². The average Bonchev–Trinajstić information content (AvgIpc) is 3.41. The lowest BCUT2D eigenvalue weighted by atomic mass is 9.95. The fourth-order valence-electron chi connectivity index (χ4n) is 4.61. The van der Waals surface area contributed by atoms with Gasteiger partial charge in [-0.3, -0.25) is 19.7 Å². The van der Waals surface area contributed by atoms with Gasteiger partial charge in [-0.1, -0.05) is 41.9 Å². The highest BCUT2D eigenvalue weighted by molar-refractivity contribution is 6.46. The van der Waals surface area contributed by atoms with Gasteiger partial charge in [-0.25, -0.2) is 0 Å². The maximum absolute atomic E-state index is 13.2. The number of aliphatic hydroxyl groups is 1. The number of H-pyrrole nitrogens is 1. The summed E-state index contributed by atoms with van der Waals surface area (Å²) in [6.07, 6.45) is 2.29. The number of Topliss-reactive ketones (excluding diaryl/α,β-unsaturated/α-hetero) is 1. The Morgan fingerprint density at radius 2 is 1.81 bits per heavy atom. The molecule has 2 heterocycles. The summed E-state index contributed by atoms with van der Waals surface area (Å²) in [6, 6.07) is 18.7. The predicted molar refractivity (Wildman–Crippen MR) is 136 cm³/mol. The molecule has 0 unspecified atom stereocenters. The van der Waals surface area contributed by atoms with E-state index in [1.165, 1.54) is 23.1 Å². The second kappa shape index (κ2) is 9.31. The Balaban J connectivity index is 1.59. The van der Waals surface area contributed by atoms with Crippen LogP contribution in [0.25, 0.3) is 16.7 Å². The van der Waals surface area contributed by atoms with Crippen LogP contribution in [0.5, 0.6) is 0 Å². The molecule has 8 nitrogen and oxygen atoms in total. The van der Waals surface area contributed by atoms with E-state index in [2.05, 4.69) is 4.98 Å². The van der Waals surface area contributed by atoms with Gasteiger partial charge in [0.25, 0.3) is 17.4 Å². The molecule has 5 rings (SSSR count). The van der Waals surface area contributed by atoms with Gasteiger partial charge in [-0.05, 0) is 47.9 Å². The fourth-order valence-corrected chi connectivity index (χ4v) is 4.73. The van der Waals surface area contributed by atoms with E-state index in [1.807, 2.05) is 30.5 Å². The molecule has 0 radical (unpaired) electrons. The third kappa shape index (κ3) is 4.12. The summed E-state index contributed by atoms with van der Waals surface area (Å²) in [5, 5.41) is 24.0. The van der Waals surface area contributed by atoms with Crippen LogP contribution in [0.2, 0.25) is 5.02 Å². The third-order valence-corrected chi connectivity index (χ3v) is 6.60. The number of benzene rings is 3. The largest absolute Gasteiger partial charge is 0.507 e. The summed E-state index contributed by atoms with van der Waals surface area (Å²) < 4.78 is 0. The van der Waals surface area contributed by atoms with E-state index in [9.17, 15) is 24.8 Å². The van der Waals surface area contributed by atoms with Gasteiger partial charge in [0, 0.05) is 46.4 Å². The number of likely N-dealkylation sites (tertiary alicyclic amines) is 1. The van der Waals surface area contributed by atoms with E-state index in [-0.39, 0.29) is 23.6 Å². The molecule has 1 saturated heterocycles. The van der Waals surface area contributed by atoms with E-state index in [0.29, 0.717) is 22.6 Å². The minimum Gasteiger partial charge on any atom is -0.507 e. The summed E-state index contributed by atoms with van der Waals surface area (Å²) in [5.74, 6) is -1.99. The normalized spacial score (nSPS) is 17.1. The van der Waals surface area contributed by atoms with Gasteiger partial charge in [-0.15, -0.1) is 0 Å². The second-order valence-electron chi connectivity index (χ2n) is 8.46. The zero-order valence-electron chi connectivity index (χ0n) is 18.8. The Morgan fingerprint density at radius 3 is 2.56 bits per heavy atom. The summed E-state index contributed by atoms with van der Waals surface area (Å²) >= 11 is 5.96. The van der Waals surface area contributed by atoms with Crippen molar-refractivity contribution in [1.29, 1.82) is 0 Å². The summed E-state index contributed by atoms with van der Waals surface area (Å²) in [7, 11) is 0. The van der Waals surface area contributed by atoms with Crippen LogP contribution >= 0.6 is 11.6 Å². The average molecular weight is 502 g/mol. The van der Waals surface area contributed by atoms with Crippen molar-refractivity contribution < 1.29 is 19.6 Å². The molecular weight excluding hydrogens is 482 g/mol. The number of rotatable bonds is 6. The molecule has 0 bridgehead atoms. The van der Waals surface area contributed by atoms with E-state index >= 15 is 0 Å². The lowest BCUT2D eigenvalue weighted by Gasteiger charge is -2.25. The number of nitro groups is 1. The van der Waals surface area contributed by atoms with E-state index in [1.54, 1.807) is 30.3 Å². The molecule has 0 spiro atoms. The van der Waals surface area contributed by atoms with Crippen LogP contribution < -0.4 is 0 Å². The molecule has 0 saturated carbocycles. The molecule has 2 N–H and O–H groups in total. The minimum atomic E-state index is -0.995. The van der Waals surface area contributed by atoms with Crippen LogP contribution in [0, 0.1) is 10.1 Å². The molecule has 9 heteroatoms. The van der Waals surface area contributed by atoms with E-state index in [4.69, 9.17) is 11.6 Å². The van der Waals surface area contributed by atoms with Crippen LogP contribution in [0.15, 0.2) is 84.6 Å². The Bertz CT molecular complexity index is 1540. The molecule has 0 aliphatic carbocycles. The van der Waals surface area contributed by atoms with Crippen molar-refractivity contribution in [2.24, 2.45) is 0 Å². The highest BCUT2D eigenvalue weighted by Crippen LogP contribution is 2.40. The van der Waals surface area contributed by atoms with Crippen molar-refractivity contribution in [3.05, 3.63) is 116 Å². The molecule has 1 atom stereocenters.